The van der Waals surface area contributed by atoms with Gasteiger partial charge in [-0.05, 0) is 68.4 Å². The lowest BCUT2D eigenvalue weighted by atomic mass is 9.92. The van der Waals surface area contributed by atoms with Crippen LogP contribution in [0, 0.1) is 0 Å². The fourth-order valence-corrected chi connectivity index (χ4v) is 4.86. The number of aryl methyl sites for hydroxylation is 2. The van der Waals surface area contributed by atoms with Crippen molar-refractivity contribution < 1.29 is 18.3 Å². The number of aromatic nitrogens is 1. The van der Waals surface area contributed by atoms with Crippen molar-refractivity contribution in [3.05, 3.63) is 47.2 Å². The summed E-state index contributed by atoms with van der Waals surface area (Å²) in [6.07, 6.45) is 7.32. The number of pyridine rings is 1. The summed E-state index contributed by atoms with van der Waals surface area (Å²) < 4.78 is 28.3. The zero-order valence-corrected chi connectivity index (χ0v) is 18.3. The summed E-state index contributed by atoms with van der Waals surface area (Å²) in [5.41, 5.74) is 2.39. The number of carboxylic acid groups (broad SMARTS) is 1. The quantitative estimate of drug-likeness (QED) is 0.620. The van der Waals surface area contributed by atoms with Crippen LogP contribution in [-0.4, -0.2) is 37.6 Å². The highest BCUT2D eigenvalue weighted by atomic mass is 32.2. The Labute approximate surface area is 178 Å². The normalized spacial score (nSPS) is 13.5. The minimum atomic E-state index is -3.84. The zero-order chi connectivity index (χ0) is 21.7. The van der Waals surface area contributed by atoms with E-state index >= 15 is 0 Å². The Hall–Kier alpha value is -2.61. The maximum atomic E-state index is 12.9. The number of aromatic carboxylic acids is 1. The van der Waals surface area contributed by atoms with Crippen LogP contribution in [0.1, 0.15) is 61.0 Å². The number of fused-ring (bicyclic) bond motifs is 1. The molecule has 0 unspecified atom stereocenters. The molecule has 2 aromatic rings. The van der Waals surface area contributed by atoms with Crippen LogP contribution in [-0.2, 0) is 22.9 Å². The molecule has 0 fully saturated rings. The summed E-state index contributed by atoms with van der Waals surface area (Å²) >= 11 is 0. The van der Waals surface area contributed by atoms with Crippen molar-refractivity contribution >= 4 is 27.5 Å². The maximum Gasteiger partial charge on any atom is 0.339 e. The fourth-order valence-electron chi connectivity index (χ4n) is 3.78. The third-order valence-electron chi connectivity index (χ3n) is 5.44. The van der Waals surface area contributed by atoms with E-state index in [-0.39, 0.29) is 16.1 Å². The first-order chi connectivity index (χ1) is 14.4. The van der Waals surface area contributed by atoms with Crippen LogP contribution in [0.4, 0.5) is 11.5 Å². The lowest BCUT2D eigenvalue weighted by Crippen LogP contribution is -2.27. The molecule has 1 aromatic carbocycles. The number of unbranched alkanes of at least 4 members (excludes halogenated alkanes) is 1. The molecule has 0 aliphatic heterocycles. The Bertz CT molecular complexity index is 1020. The summed E-state index contributed by atoms with van der Waals surface area (Å²) in [6.45, 7) is 5.32. The first kappa shape index (κ1) is 22.1. The van der Waals surface area contributed by atoms with E-state index < -0.39 is 16.0 Å². The molecule has 0 radical (unpaired) electrons. The smallest absolute Gasteiger partial charge is 0.339 e. The summed E-state index contributed by atoms with van der Waals surface area (Å²) in [7, 11) is -3.84. The van der Waals surface area contributed by atoms with Crippen LogP contribution in [0.3, 0.4) is 0 Å². The van der Waals surface area contributed by atoms with Crippen LogP contribution in [0.5, 0.6) is 0 Å². The lowest BCUT2D eigenvalue weighted by Gasteiger charge is -2.23. The molecule has 8 heteroatoms. The first-order valence-electron chi connectivity index (χ1n) is 10.5. The molecule has 0 atom stereocenters. The third kappa shape index (κ3) is 4.92. The van der Waals surface area contributed by atoms with Crippen LogP contribution >= 0.6 is 0 Å². The van der Waals surface area contributed by atoms with Crippen LogP contribution in [0.2, 0.25) is 0 Å². The molecule has 1 aliphatic rings. The highest BCUT2D eigenvalue weighted by molar-refractivity contribution is 7.92. The van der Waals surface area contributed by atoms with Crippen molar-refractivity contribution in [3.8, 4) is 0 Å². The minimum absolute atomic E-state index is 0.0152. The predicted molar refractivity (Wildman–Crippen MR) is 118 cm³/mol. The fraction of sp³-hybridized carbons (Fsp3) is 0.455. The molecular weight excluding hydrogens is 402 g/mol. The second-order valence-corrected chi connectivity index (χ2v) is 9.26. The van der Waals surface area contributed by atoms with Gasteiger partial charge in [0, 0.05) is 13.1 Å². The van der Waals surface area contributed by atoms with E-state index in [1.165, 1.54) is 17.8 Å². The van der Waals surface area contributed by atoms with Crippen LogP contribution < -0.4 is 9.62 Å². The number of sulfonamides is 1. The van der Waals surface area contributed by atoms with Gasteiger partial charge in [0.15, 0.2) is 0 Å². The second-order valence-electron chi connectivity index (χ2n) is 7.58. The number of hydrogen-bond donors (Lipinski definition) is 2. The summed E-state index contributed by atoms with van der Waals surface area (Å²) in [4.78, 5) is 18.2. The maximum absolute atomic E-state index is 12.9. The average Bonchev–Trinajstić information content (AvgIpc) is 2.74. The van der Waals surface area contributed by atoms with E-state index in [1.54, 1.807) is 12.1 Å². The van der Waals surface area contributed by atoms with Crippen molar-refractivity contribution in [1.82, 2.24) is 4.98 Å². The molecule has 0 spiro atoms. The van der Waals surface area contributed by atoms with Crippen LogP contribution in [0.15, 0.2) is 35.4 Å². The van der Waals surface area contributed by atoms with E-state index in [0.717, 1.165) is 44.1 Å². The van der Waals surface area contributed by atoms with Crippen LogP contribution in [0.25, 0.3) is 0 Å². The number of nitrogens with zero attached hydrogens (tertiary/aromatic N) is 2. The number of rotatable bonds is 9. The van der Waals surface area contributed by atoms with Gasteiger partial charge in [0.05, 0.1) is 16.8 Å². The number of carbonyl (C=O) groups is 1. The molecular formula is C22H29N3O4S. The number of nitrogens with one attached hydrogen (secondary N) is 1. The Kier molecular flexibility index (Phi) is 6.97. The zero-order valence-electron chi connectivity index (χ0n) is 17.5. The molecule has 3 rings (SSSR count). The van der Waals surface area contributed by atoms with Gasteiger partial charge in [-0.25, -0.2) is 18.2 Å². The molecule has 1 aliphatic carbocycles. The summed E-state index contributed by atoms with van der Waals surface area (Å²) in [6, 6.07) is 6.55. The molecule has 0 bridgehead atoms. The van der Waals surface area contributed by atoms with Crippen molar-refractivity contribution in [3.63, 3.8) is 0 Å². The molecule has 0 amide bonds. The standard InChI is InChI=1S/C22H29N3O4S/c1-3-5-12-25(4-2)21-20(22(26)27)14-18(15-23-21)24-30(28,29)19-11-10-16-8-6-7-9-17(16)13-19/h10-11,13-15,24H,3-9,12H2,1-2H3,(H,26,27). The molecule has 1 aromatic heterocycles. The number of carboxylic acids is 1. The average molecular weight is 432 g/mol. The lowest BCUT2D eigenvalue weighted by molar-refractivity contribution is 0.0697. The molecule has 30 heavy (non-hydrogen) atoms. The molecule has 0 saturated carbocycles. The van der Waals surface area contributed by atoms with E-state index in [2.05, 4.69) is 16.6 Å². The number of anilines is 2. The van der Waals surface area contributed by atoms with Crippen molar-refractivity contribution in [1.29, 1.82) is 0 Å². The van der Waals surface area contributed by atoms with E-state index in [9.17, 15) is 18.3 Å². The topological polar surface area (TPSA) is 99.6 Å². The van der Waals surface area contributed by atoms with Crippen molar-refractivity contribution in [2.24, 2.45) is 0 Å². The molecule has 7 nitrogen and oxygen atoms in total. The number of benzene rings is 1. The molecule has 0 saturated heterocycles. The predicted octanol–water partition coefficient (Wildman–Crippen LogP) is 4.09. The van der Waals surface area contributed by atoms with Gasteiger partial charge in [-0.2, -0.15) is 0 Å². The Balaban J connectivity index is 1.88. The highest BCUT2D eigenvalue weighted by Gasteiger charge is 2.21. The Morgan fingerprint density at radius 1 is 1.17 bits per heavy atom. The second kappa shape index (κ2) is 9.47. The highest BCUT2D eigenvalue weighted by Crippen LogP contribution is 2.27. The van der Waals surface area contributed by atoms with Gasteiger partial charge in [0.2, 0.25) is 0 Å². The summed E-state index contributed by atoms with van der Waals surface area (Å²) in [5.74, 6) is -0.780. The van der Waals surface area contributed by atoms with Gasteiger partial charge in [-0.15, -0.1) is 0 Å². The van der Waals surface area contributed by atoms with Gasteiger partial charge in [-0.3, -0.25) is 4.72 Å². The van der Waals surface area contributed by atoms with E-state index in [4.69, 9.17) is 0 Å². The van der Waals surface area contributed by atoms with Gasteiger partial charge in [0.1, 0.15) is 11.4 Å². The first-order valence-corrected chi connectivity index (χ1v) is 12.0. The SMILES string of the molecule is CCCCN(CC)c1ncc(NS(=O)(=O)c2ccc3c(c2)CCCC3)cc1C(=O)O. The monoisotopic (exact) mass is 431 g/mol. The largest absolute Gasteiger partial charge is 0.478 e. The molecule has 2 N–H and O–H groups in total. The van der Waals surface area contributed by atoms with Gasteiger partial charge in [0.25, 0.3) is 10.0 Å². The van der Waals surface area contributed by atoms with Gasteiger partial charge >= 0.3 is 5.97 Å². The van der Waals surface area contributed by atoms with E-state index in [0.29, 0.717) is 18.9 Å². The van der Waals surface area contributed by atoms with E-state index in [1.807, 2.05) is 17.9 Å². The third-order valence-corrected chi connectivity index (χ3v) is 6.82. The summed E-state index contributed by atoms with van der Waals surface area (Å²) in [5, 5.41) is 9.66. The minimum Gasteiger partial charge on any atom is -0.478 e. The Morgan fingerprint density at radius 3 is 2.57 bits per heavy atom. The number of hydrogen-bond acceptors (Lipinski definition) is 5. The van der Waals surface area contributed by atoms with Crippen molar-refractivity contribution in [2.75, 3.05) is 22.7 Å². The molecule has 1 heterocycles. The molecule has 162 valence electrons. The Morgan fingerprint density at radius 2 is 1.90 bits per heavy atom. The van der Waals surface area contributed by atoms with Gasteiger partial charge < -0.3 is 10.0 Å². The van der Waals surface area contributed by atoms with Gasteiger partial charge in [-0.1, -0.05) is 19.4 Å². The van der Waals surface area contributed by atoms with Crippen molar-refractivity contribution in [2.45, 2.75) is 57.3 Å².